The van der Waals surface area contributed by atoms with E-state index in [2.05, 4.69) is 37.4 Å². The predicted octanol–water partition coefficient (Wildman–Crippen LogP) is 3.27. The van der Waals surface area contributed by atoms with Crippen LogP contribution in [0.2, 0.25) is 0 Å². The molecule has 0 saturated carbocycles. The van der Waals surface area contributed by atoms with Crippen LogP contribution in [-0.2, 0) is 9.59 Å². The van der Waals surface area contributed by atoms with E-state index in [9.17, 15) is 27.6 Å². The van der Waals surface area contributed by atoms with Gasteiger partial charge in [0.1, 0.15) is 11.5 Å². The molecule has 0 aromatic carbocycles. The summed E-state index contributed by atoms with van der Waals surface area (Å²) in [7, 11) is 0. The lowest BCUT2D eigenvalue weighted by Crippen LogP contribution is -2.50. The molecule has 1 aliphatic heterocycles. The maximum Gasteiger partial charge on any atom is 0.393 e. The Balaban J connectivity index is 1.39. The highest BCUT2D eigenvalue weighted by molar-refractivity contribution is 6.02. The fourth-order valence-electron chi connectivity index (χ4n) is 3.91. The third kappa shape index (κ3) is 6.18. The lowest BCUT2D eigenvalue weighted by Gasteiger charge is -2.37. The van der Waals surface area contributed by atoms with Crippen LogP contribution < -0.4 is 10.6 Å². The van der Waals surface area contributed by atoms with Crippen LogP contribution in [0.5, 0.6) is 0 Å². The number of carbonyl (C=O) groups excluding carboxylic acids is 3. The molecule has 3 aromatic heterocycles. The van der Waals surface area contributed by atoms with Gasteiger partial charge in [0.05, 0.1) is 35.1 Å². The molecule has 10 nitrogen and oxygen atoms in total. The standard InChI is InChI=1S/C24H22F3N7O3/c1-2-21(35)34-12-14(10-15(13-34)24(25,26)27)22(36)30-16-6-7-20(28-11-16)32-23(37)19-5-3-4-17(31-19)18-8-9-29-33-18/h2-9,11,14-15H,1,10,12-13H2,(H,29,33)(H,30,36)(H,28,32,37). The number of alkyl halides is 3. The Morgan fingerprint density at radius 2 is 1.92 bits per heavy atom. The normalized spacial score (nSPS) is 17.6. The Morgan fingerprint density at radius 1 is 1.11 bits per heavy atom. The summed E-state index contributed by atoms with van der Waals surface area (Å²) in [5, 5.41) is 11.7. The van der Waals surface area contributed by atoms with Crippen LogP contribution in [0.15, 0.2) is 61.4 Å². The summed E-state index contributed by atoms with van der Waals surface area (Å²) in [6.45, 7) is 2.63. The fourth-order valence-corrected chi connectivity index (χ4v) is 3.91. The highest BCUT2D eigenvalue weighted by Gasteiger charge is 2.46. The van der Waals surface area contributed by atoms with E-state index in [4.69, 9.17) is 0 Å². The van der Waals surface area contributed by atoms with Crippen molar-refractivity contribution in [2.45, 2.75) is 12.6 Å². The van der Waals surface area contributed by atoms with Crippen LogP contribution in [0.25, 0.3) is 11.4 Å². The van der Waals surface area contributed by atoms with Crippen molar-refractivity contribution in [1.29, 1.82) is 0 Å². The molecule has 4 heterocycles. The Labute approximate surface area is 209 Å². The largest absolute Gasteiger partial charge is 0.393 e. The van der Waals surface area contributed by atoms with Crippen LogP contribution in [0.3, 0.4) is 0 Å². The molecule has 37 heavy (non-hydrogen) atoms. The molecule has 13 heteroatoms. The zero-order valence-electron chi connectivity index (χ0n) is 19.3. The lowest BCUT2D eigenvalue weighted by atomic mass is 9.88. The van der Waals surface area contributed by atoms with E-state index >= 15 is 0 Å². The van der Waals surface area contributed by atoms with Gasteiger partial charge < -0.3 is 15.5 Å². The number of anilines is 2. The number of carbonyl (C=O) groups is 3. The summed E-state index contributed by atoms with van der Waals surface area (Å²) in [5.41, 5.74) is 1.53. The van der Waals surface area contributed by atoms with Crippen molar-refractivity contribution in [3.63, 3.8) is 0 Å². The number of likely N-dealkylation sites (tertiary alicyclic amines) is 1. The van der Waals surface area contributed by atoms with Crippen LogP contribution in [-0.4, -0.2) is 62.1 Å². The summed E-state index contributed by atoms with van der Waals surface area (Å²) in [4.78, 5) is 46.6. The number of H-pyrrole nitrogens is 1. The second-order valence-electron chi connectivity index (χ2n) is 8.37. The molecular weight excluding hydrogens is 491 g/mol. The molecule has 2 unspecified atom stereocenters. The molecule has 0 spiro atoms. The summed E-state index contributed by atoms with van der Waals surface area (Å²) in [5.74, 6) is -4.58. The maximum atomic E-state index is 13.4. The monoisotopic (exact) mass is 513 g/mol. The molecule has 0 bridgehead atoms. The van der Waals surface area contributed by atoms with Crippen LogP contribution >= 0.6 is 0 Å². The van der Waals surface area contributed by atoms with Crippen LogP contribution in [0, 0.1) is 11.8 Å². The third-order valence-electron chi connectivity index (χ3n) is 5.80. The molecule has 2 atom stereocenters. The smallest absolute Gasteiger partial charge is 0.338 e. The molecule has 4 rings (SSSR count). The van der Waals surface area contributed by atoms with E-state index in [0.29, 0.717) is 11.4 Å². The van der Waals surface area contributed by atoms with Gasteiger partial charge in [0, 0.05) is 19.3 Å². The van der Waals surface area contributed by atoms with Gasteiger partial charge in [-0.3, -0.25) is 19.5 Å². The van der Waals surface area contributed by atoms with Gasteiger partial charge in [-0.05, 0) is 42.8 Å². The van der Waals surface area contributed by atoms with Gasteiger partial charge in [0.25, 0.3) is 5.91 Å². The van der Waals surface area contributed by atoms with Crippen molar-refractivity contribution >= 4 is 29.2 Å². The quantitative estimate of drug-likeness (QED) is 0.434. The van der Waals surface area contributed by atoms with Gasteiger partial charge in [0.15, 0.2) is 0 Å². The van der Waals surface area contributed by atoms with Gasteiger partial charge in [-0.2, -0.15) is 18.3 Å². The van der Waals surface area contributed by atoms with Gasteiger partial charge in [-0.25, -0.2) is 9.97 Å². The minimum absolute atomic E-state index is 0.140. The number of aromatic amines is 1. The molecular formula is C24H22F3N7O3. The first-order valence-corrected chi connectivity index (χ1v) is 11.2. The van der Waals surface area contributed by atoms with E-state index in [1.807, 2.05) is 0 Å². The van der Waals surface area contributed by atoms with Crippen LogP contribution in [0.4, 0.5) is 24.7 Å². The Bertz CT molecular complexity index is 1290. The molecule has 1 saturated heterocycles. The number of halogens is 3. The second-order valence-corrected chi connectivity index (χ2v) is 8.37. The maximum absolute atomic E-state index is 13.4. The minimum atomic E-state index is -4.55. The number of pyridine rings is 2. The van der Waals surface area contributed by atoms with E-state index in [0.717, 1.165) is 11.0 Å². The van der Waals surface area contributed by atoms with Gasteiger partial charge in [-0.1, -0.05) is 12.6 Å². The van der Waals surface area contributed by atoms with Crippen molar-refractivity contribution in [1.82, 2.24) is 25.1 Å². The number of hydrogen-bond acceptors (Lipinski definition) is 6. The summed E-state index contributed by atoms with van der Waals surface area (Å²) < 4.78 is 40.1. The SMILES string of the molecule is C=CC(=O)N1CC(C(=O)Nc2ccc(NC(=O)c3cccc(-c4ccn[nH]4)n3)nc2)CC(C(F)(F)F)C1. The average molecular weight is 513 g/mol. The number of nitrogens with zero attached hydrogens (tertiary/aromatic N) is 4. The first-order valence-electron chi connectivity index (χ1n) is 11.2. The zero-order valence-corrected chi connectivity index (χ0v) is 19.3. The number of hydrogen-bond donors (Lipinski definition) is 3. The Hall–Kier alpha value is -4.55. The number of amides is 3. The van der Waals surface area contributed by atoms with Crippen LogP contribution in [0.1, 0.15) is 16.9 Å². The second kappa shape index (κ2) is 10.6. The number of aromatic nitrogens is 4. The zero-order chi connectivity index (χ0) is 26.6. The van der Waals surface area contributed by atoms with Crippen molar-refractivity contribution in [3.05, 3.63) is 67.1 Å². The van der Waals surface area contributed by atoms with Crippen molar-refractivity contribution < 1.29 is 27.6 Å². The van der Waals surface area contributed by atoms with Crippen molar-refractivity contribution in [2.24, 2.45) is 11.8 Å². The van der Waals surface area contributed by atoms with E-state index in [1.165, 1.54) is 24.4 Å². The first kappa shape index (κ1) is 25.5. The van der Waals surface area contributed by atoms with E-state index < -0.39 is 48.7 Å². The molecule has 1 aliphatic rings. The van der Waals surface area contributed by atoms with Gasteiger partial charge >= 0.3 is 6.18 Å². The van der Waals surface area contributed by atoms with Gasteiger partial charge in [-0.15, -0.1) is 0 Å². The minimum Gasteiger partial charge on any atom is -0.338 e. The lowest BCUT2D eigenvalue weighted by molar-refractivity contribution is -0.192. The number of piperidine rings is 1. The molecule has 3 N–H and O–H groups in total. The summed E-state index contributed by atoms with van der Waals surface area (Å²) in [6.07, 6.45) is -1.24. The number of nitrogens with one attached hydrogen (secondary N) is 3. The van der Waals surface area contributed by atoms with Gasteiger partial charge in [0.2, 0.25) is 11.8 Å². The molecule has 0 radical (unpaired) electrons. The van der Waals surface area contributed by atoms with E-state index in [1.54, 1.807) is 24.4 Å². The first-order chi connectivity index (χ1) is 17.6. The Morgan fingerprint density at radius 3 is 2.57 bits per heavy atom. The van der Waals surface area contributed by atoms with Crippen molar-refractivity contribution in [3.8, 4) is 11.4 Å². The summed E-state index contributed by atoms with van der Waals surface area (Å²) in [6, 6.07) is 9.51. The molecule has 3 amide bonds. The third-order valence-corrected chi connectivity index (χ3v) is 5.80. The highest BCUT2D eigenvalue weighted by atomic mass is 19.4. The van der Waals surface area contributed by atoms with E-state index in [-0.39, 0.29) is 23.7 Å². The van der Waals surface area contributed by atoms with Crippen molar-refractivity contribution in [2.75, 3.05) is 23.7 Å². The topological polar surface area (TPSA) is 133 Å². The predicted molar refractivity (Wildman–Crippen MR) is 127 cm³/mol. The summed E-state index contributed by atoms with van der Waals surface area (Å²) >= 11 is 0. The molecule has 1 fully saturated rings. The number of rotatable bonds is 6. The molecule has 0 aliphatic carbocycles. The highest BCUT2D eigenvalue weighted by Crippen LogP contribution is 2.36. The average Bonchev–Trinajstić information content (AvgIpc) is 3.44. The fraction of sp³-hybridized carbons (Fsp3) is 0.250. The molecule has 192 valence electrons. The molecule has 3 aromatic rings. The Kier molecular flexibility index (Phi) is 7.32.